The first-order valence-electron chi connectivity index (χ1n) is 6.43. The maximum absolute atomic E-state index is 2.45. The van der Waals surface area contributed by atoms with Gasteiger partial charge in [-0.15, -0.1) is 0 Å². The summed E-state index contributed by atoms with van der Waals surface area (Å²) in [6.45, 7) is 0. The van der Waals surface area contributed by atoms with Gasteiger partial charge in [0.1, 0.15) is 0 Å². The molecule has 0 saturated heterocycles. The first-order valence-corrected chi connectivity index (χ1v) is 10.1. The molecule has 0 aromatic carbocycles. The van der Waals surface area contributed by atoms with Crippen LogP contribution in [0, 0.1) is 0 Å². The van der Waals surface area contributed by atoms with Crippen LogP contribution in [0.15, 0.2) is 0 Å². The van der Waals surface area contributed by atoms with Crippen LogP contribution in [0.4, 0.5) is 0 Å². The van der Waals surface area contributed by atoms with Crippen molar-refractivity contribution in [3.05, 3.63) is 0 Å². The Kier molecular flexibility index (Phi) is 8.52. The van der Waals surface area contributed by atoms with Gasteiger partial charge < -0.3 is 9.13 Å². The number of nitrogens with zero attached hydrogens (tertiary/aromatic N) is 4. The molecule has 4 nitrogen and oxygen atoms in total. The van der Waals surface area contributed by atoms with Gasteiger partial charge in [0.05, 0.1) is 9.52 Å². The van der Waals surface area contributed by atoms with E-state index in [4.69, 9.17) is 0 Å². The van der Waals surface area contributed by atoms with Crippen molar-refractivity contribution in [2.45, 2.75) is 17.9 Å². The van der Waals surface area contributed by atoms with E-state index in [0.717, 1.165) is 0 Å². The second-order valence-electron chi connectivity index (χ2n) is 5.75. The van der Waals surface area contributed by atoms with Gasteiger partial charge in [0.25, 0.3) is 0 Å². The number of hydrogen-bond acceptors (Lipinski definition) is 4. The Morgan fingerprint density at radius 1 is 0.824 bits per heavy atom. The van der Waals surface area contributed by atoms with Gasteiger partial charge in [-0.05, 0) is 62.4 Å². The first-order chi connectivity index (χ1) is 7.77. The normalized spacial score (nSPS) is 13.8. The number of rotatable bonds is 8. The van der Waals surface area contributed by atoms with Gasteiger partial charge in [-0.25, -0.2) is 0 Å². The average molecular weight is 277 g/mol. The van der Waals surface area contributed by atoms with Crippen LogP contribution >= 0.6 is 0 Å². The van der Waals surface area contributed by atoms with Crippen LogP contribution in [0.1, 0.15) is 0 Å². The van der Waals surface area contributed by atoms with Crippen molar-refractivity contribution in [3.63, 3.8) is 0 Å². The highest BCUT2D eigenvalue weighted by Crippen LogP contribution is 2.06. The predicted octanol–water partition coefficient (Wildman–Crippen LogP) is -0.676. The molecule has 0 aliphatic carbocycles. The molecule has 0 N–H and O–H groups in total. The molecule has 0 aromatic rings. The smallest absolute Gasteiger partial charge is 0.188 e. The fourth-order valence-electron chi connectivity index (χ4n) is 2.44. The van der Waals surface area contributed by atoms with Crippen molar-refractivity contribution >= 4 is 18.6 Å². The lowest BCUT2D eigenvalue weighted by Crippen LogP contribution is -2.48. The van der Waals surface area contributed by atoms with Crippen molar-refractivity contribution in [3.8, 4) is 0 Å². The quantitative estimate of drug-likeness (QED) is 0.430. The van der Waals surface area contributed by atoms with Gasteiger partial charge in [0.2, 0.25) is 0 Å². The molecule has 0 amide bonds. The van der Waals surface area contributed by atoms with Gasteiger partial charge in [-0.2, -0.15) is 0 Å². The van der Waals surface area contributed by atoms with Crippen molar-refractivity contribution in [2.75, 3.05) is 56.4 Å². The van der Waals surface area contributed by atoms with Crippen LogP contribution in [-0.4, -0.2) is 99.7 Å². The summed E-state index contributed by atoms with van der Waals surface area (Å²) in [5.74, 6) is 0.703. The Balaban J connectivity index is 4.10. The highest BCUT2D eigenvalue weighted by molar-refractivity contribution is 6.54. The summed E-state index contributed by atoms with van der Waals surface area (Å²) in [5, 5.41) is 0. The van der Waals surface area contributed by atoms with E-state index in [1.807, 2.05) is 0 Å². The van der Waals surface area contributed by atoms with E-state index >= 15 is 0 Å². The van der Waals surface area contributed by atoms with Crippen LogP contribution in [0.2, 0.25) is 12.1 Å². The molecule has 0 saturated carbocycles. The van der Waals surface area contributed by atoms with Crippen molar-refractivity contribution in [1.29, 1.82) is 0 Å². The average Bonchev–Trinajstić information content (AvgIpc) is 2.14. The van der Waals surface area contributed by atoms with E-state index in [2.05, 4.69) is 75.3 Å². The molecule has 6 heteroatoms. The molecule has 0 unspecified atom stereocenters. The molecule has 0 heterocycles. The van der Waals surface area contributed by atoms with E-state index in [0.29, 0.717) is 5.79 Å². The van der Waals surface area contributed by atoms with Crippen LogP contribution in [-0.2, 0) is 0 Å². The Morgan fingerprint density at radius 2 is 1.24 bits per heavy atom. The molecule has 0 bridgehead atoms. The van der Waals surface area contributed by atoms with Crippen LogP contribution < -0.4 is 0 Å². The lowest BCUT2D eigenvalue weighted by molar-refractivity contribution is 0.200. The van der Waals surface area contributed by atoms with E-state index in [-0.39, 0.29) is 9.52 Å². The third kappa shape index (κ3) is 6.68. The predicted molar refractivity (Wildman–Crippen MR) is 83.8 cm³/mol. The molecule has 17 heavy (non-hydrogen) atoms. The first kappa shape index (κ1) is 17.3. The minimum Gasteiger partial charge on any atom is -0.320 e. The summed E-state index contributed by atoms with van der Waals surface area (Å²) in [7, 11) is 16.8. The molecule has 0 rings (SSSR count). The highest BCUT2D eigenvalue weighted by Gasteiger charge is 2.19. The Bertz CT molecular complexity index is 162. The van der Waals surface area contributed by atoms with Gasteiger partial charge >= 0.3 is 0 Å². The molecule has 104 valence electrons. The summed E-state index contributed by atoms with van der Waals surface area (Å²) in [4.78, 5) is 4.74. The monoisotopic (exact) mass is 276 g/mol. The second kappa shape index (κ2) is 8.39. The molecular weight excluding hydrogens is 244 g/mol. The van der Waals surface area contributed by atoms with Crippen LogP contribution in [0.3, 0.4) is 0 Å². The lowest BCUT2D eigenvalue weighted by Gasteiger charge is -2.32. The van der Waals surface area contributed by atoms with Gasteiger partial charge in [0.15, 0.2) is 9.12 Å². The minimum atomic E-state index is -0.838. The summed E-state index contributed by atoms with van der Waals surface area (Å²) >= 11 is 0. The van der Waals surface area contributed by atoms with Crippen LogP contribution in [0.25, 0.3) is 0 Å². The minimum absolute atomic E-state index is 0.0432. The Hall–Kier alpha value is 0.274. The zero-order valence-corrected chi connectivity index (χ0v) is 15.6. The van der Waals surface area contributed by atoms with E-state index < -0.39 is 9.12 Å². The zero-order valence-electron chi connectivity index (χ0n) is 13.1. The second-order valence-corrected chi connectivity index (χ2v) is 11.4. The van der Waals surface area contributed by atoms with E-state index in [1.54, 1.807) is 0 Å². The van der Waals surface area contributed by atoms with Crippen molar-refractivity contribution in [1.82, 2.24) is 18.9 Å². The summed E-state index contributed by atoms with van der Waals surface area (Å²) < 4.78 is 4.91. The zero-order chi connectivity index (χ0) is 13.6. The molecule has 0 aromatic heterocycles. The Morgan fingerprint density at radius 3 is 1.53 bits per heavy atom. The third-order valence-corrected chi connectivity index (χ3v) is 10.2. The van der Waals surface area contributed by atoms with Crippen molar-refractivity contribution in [2.24, 2.45) is 0 Å². The molecule has 0 fully saturated rings. The Labute approximate surface area is 112 Å². The molecule has 0 radical (unpaired) electrons. The van der Waals surface area contributed by atoms with E-state index in [1.165, 1.54) is 12.1 Å². The molecule has 0 aliphatic rings. The molecule has 0 spiro atoms. The van der Waals surface area contributed by atoms with Gasteiger partial charge in [-0.3, -0.25) is 9.80 Å². The largest absolute Gasteiger partial charge is 0.320 e. The maximum atomic E-state index is 2.45. The summed E-state index contributed by atoms with van der Waals surface area (Å²) in [6.07, 6.45) is 0. The topological polar surface area (TPSA) is 13.0 Å². The lowest BCUT2D eigenvalue weighted by atomic mass is 10.8. The van der Waals surface area contributed by atoms with Crippen molar-refractivity contribution < 1.29 is 0 Å². The van der Waals surface area contributed by atoms with Gasteiger partial charge in [-0.1, -0.05) is 6.04 Å². The van der Waals surface area contributed by atoms with Crippen LogP contribution in [0.5, 0.6) is 0 Å². The number of hydrogen-bond donors (Lipinski definition) is 0. The third-order valence-electron chi connectivity index (χ3n) is 3.31. The summed E-state index contributed by atoms with van der Waals surface area (Å²) in [5.41, 5.74) is 0. The molecular formula is C11H32N4Si2. The highest BCUT2D eigenvalue weighted by atomic mass is 28.3. The SMILES string of the molecule is CN(C)C([SiH2]CC[SiH](N(C)C)N(C)C)N(C)C. The fraction of sp³-hybridized carbons (Fsp3) is 1.00. The van der Waals surface area contributed by atoms with Gasteiger partial charge in [0, 0.05) is 5.79 Å². The maximum Gasteiger partial charge on any atom is 0.188 e. The standard InChI is InChI=1S/C11H32N4Si2/c1-12(2)11(13(3)4)16-9-10-17(14(5)6)15(7)8/h11,17H,9-10,16H2,1-8H3. The molecule has 0 atom stereocenters. The summed E-state index contributed by atoms with van der Waals surface area (Å²) in [6, 6.07) is 2.87. The molecule has 0 aliphatic heterocycles. The van der Waals surface area contributed by atoms with E-state index in [9.17, 15) is 0 Å². The fourth-order valence-corrected chi connectivity index (χ4v) is 8.20.